The van der Waals surface area contributed by atoms with Gasteiger partial charge in [0.2, 0.25) is 0 Å². The second-order valence-electron chi connectivity index (χ2n) is 12.0. The first-order valence-corrected chi connectivity index (χ1v) is 15.9. The zero-order valence-electron chi connectivity index (χ0n) is 23.9. The first-order valence-electron chi connectivity index (χ1n) is 15.0. The van der Waals surface area contributed by atoms with Crippen LogP contribution in [-0.4, -0.2) is 4.57 Å². The number of para-hydroxylation sites is 1. The van der Waals surface area contributed by atoms with Gasteiger partial charge in [0.05, 0.1) is 11.0 Å². The van der Waals surface area contributed by atoms with Crippen LogP contribution in [0.1, 0.15) is 25.1 Å². The van der Waals surface area contributed by atoms with Gasteiger partial charge in [0, 0.05) is 42.1 Å². The Bertz CT molecular complexity index is 2360. The Hall–Kier alpha value is -4.86. The Morgan fingerprint density at radius 2 is 1.47 bits per heavy atom. The van der Waals surface area contributed by atoms with E-state index in [0.29, 0.717) is 0 Å². The zero-order chi connectivity index (χ0) is 28.5. The van der Waals surface area contributed by atoms with Crippen molar-refractivity contribution in [3.8, 4) is 0 Å². The predicted molar refractivity (Wildman–Crippen MR) is 186 cm³/mol. The van der Waals surface area contributed by atoms with Gasteiger partial charge >= 0.3 is 0 Å². The molecular weight excluding hydrogens is 541 g/mol. The molecule has 9 rings (SSSR count). The van der Waals surface area contributed by atoms with Crippen LogP contribution in [0.4, 0.5) is 0 Å². The van der Waals surface area contributed by atoms with Crippen molar-refractivity contribution in [2.45, 2.75) is 19.5 Å². The predicted octanol–water partition coefficient (Wildman–Crippen LogP) is 10.9. The SMILES string of the molecule is CC1(C2=CC(c3ccccc3)=CC(n3c4ccccc4c4c5ccc6sc7ccccc7c6c5ccc43)N2)C=CC=CC1. The van der Waals surface area contributed by atoms with E-state index < -0.39 is 0 Å². The number of allylic oxidation sites excluding steroid dienone is 6. The molecule has 1 N–H and O–H groups in total. The highest BCUT2D eigenvalue weighted by Crippen LogP contribution is 2.45. The lowest BCUT2D eigenvalue weighted by Crippen LogP contribution is -2.35. The molecule has 43 heavy (non-hydrogen) atoms. The van der Waals surface area contributed by atoms with Crippen LogP contribution in [0.25, 0.3) is 58.3 Å². The van der Waals surface area contributed by atoms with Gasteiger partial charge in [0.15, 0.2) is 0 Å². The second-order valence-corrected chi connectivity index (χ2v) is 13.1. The highest BCUT2D eigenvalue weighted by Gasteiger charge is 2.31. The third-order valence-electron chi connectivity index (χ3n) is 9.40. The largest absolute Gasteiger partial charge is 0.364 e. The Morgan fingerprint density at radius 3 is 2.33 bits per heavy atom. The zero-order valence-corrected chi connectivity index (χ0v) is 24.7. The third-order valence-corrected chi connectivity index (χ3v) is 10.5. The molecule has 2 nitrogen and oxygen atoms in total. The molecule has 5 aromatic carbocycles. The average molecular weight is 571 g/mol. The summed E-state index contributed by atoms with van der Waals surface area (Å²) in [6.07, 6.45) is 14.6. The Kier molecular flexibility index (Phi) is 5.36. The molecule has 3 heteroatoms. The second kappa shape index (κ2) is 9.32. The molecule has 0 amide bonds. The third kappa shape index (κ3) is 3.71. The Morgan fingerprint density at radius 1 is 0.698 bits per heavy atom. The highest BCUT2D eigenvalue weighted by atomic mass is 32.1. The van der Waals surface area contributed by atoms with Crippen LogP contribution >= 0.6 is 11.3 Å². The molecule has 2 aromatic heterocycles. The summed E-state index contributed by atoms with van der Waals surface area (Å²) in [6, 6.07) is 37.9. The van der Waals surface area contributed by atoms with Gasteiger partial charge in [-0.1, -0.05) is 110 Å². The molecule has 1 aliphatic carbocycles. The summed E-state index contributed by atoms with van der Waals surface area (Å²) in [6.45, 7) is 2.34. The maximum atomic E-state index is 4.01. The molecule has 0 spiro atoms. The first kappa shape index (κ1) is 24.7. The molecule has 0 fully saturated rings. The minimum absolute atomic E-state index is 0.0445. The van der Waals surface area contributed by atoms with E-state index in [-0.39, 0.29) is 11.6 Å². The summed E-state index contributed by atoms with van der Waals surface area (Å²) in [5.74, 6) is 0. The summed E-state index contributed by atoms with van der Waals surface area (Å²) in [7, 11) is 0. The molecule has 0 saturated carbocycles. The molecule has 3 heterocycles. The quantitative estimate of drug-likeness (QED) is 0.224. The number of nitrogens with zero attached hydrogens (tertiary/aromatic N) is 1. The summed E-state index contributed by atoms with van der Waals surface area (Å²) in [4.78, 5) is 0. The van der Waals surface area contributed by atoms with Gasteiger partial charge in [0.25, 0.3) is 0 Å². The molecule has 2 atom stereocenters. The molecule has 206 valence electrons. The van der Waals surface area contributed by atoms with E-state index in [1.807, 2.05) is 11.3 Å². The van der Waals surface area contributed by atoms with E-state index in [1.165, 1.54) is 69.6 Å². The highest BCUT2D eigenvalue weighted by molar-refractivity contribution is 7.26. The van der Waals surface area contributed by atoms with Gasteiger partial charge in [-0.25, -0.2) is 0 Å². The van der Waals surface area contributed by atoms with Gasteiger partial charge in [-0.3, -0.25) is 0 Å². The monoisotopic (exact) mass is 570 g/mol. The fraction of sp³-hybridized carbons (Fsp3) is 0.100. The van der Waals surface area contributed by atoms with Crippen molar-refractivity contribution >= 4 is 69.7 Å². The lowest BCUT2D eigenvalue weighted by molar-refractivity contribution is 0.427. The topological polar surface area (TPSA) is 17.0 Å². The normalized spacial score (nSPS) is 20.3. The van der Waals surface area contributed by atoms with Crippen molar-refractivity contribution < 1.29 is 0 Å². The smallest absolute Gasteiger partial charge is 0.124 e. The lowest BCUT2D eigenvalue weighted by Gasteiger charge is -2.36. The van der Waals surface area contributed by atoms with Gasteiger partial charge in [-0.2, -0.15) is 0 Å². The number of nitrogens with one attached hydrogen (secondary N) is 1. The molecular formula is C40H30N2S. The van der Waals surface area contributed by atoms with Gasteiger partial charge in [-0.15, -0.1) is 11.3 Å². The maximum Gasteiger partial charge on any atom is 0.124 e. The number of aromatic nitrogens is 1. The molecule has 1 aliphatic heterocycles. The van der Waals surface area contributed by atoms with Gasteiger partial charge in [-0.05, 0) is 64.7 Å². The molecule has 7 aromatic rings. The van der Waals surface area contributed by atoms with Crippen molar-refractivity contribution in [2.75, 3.05) is 0 Å². The average Bonchev–Trinajstić information content (AvgIpc) is 3.61. The fourth-order valence-electron chi connectivity index (χ4n) is 7.25. The number of rotatable bonds is 3. The van der Waals surface area contributed by atoms with Crippen LogP contribution in [0.5, 0.6) is 0 Å². The van der Waals surface area contributed by atoms with Crippen LogP contribution in [0, 0.1) is 5.41 Å². The van der Waals surface area contributed by atoms with E-state index in [1.54, 1.807) is 0 Å². The van der Waals surface area contributed by atoms with Crippen molar-refractivity contribution in [1.82, 2.24) is 9.88 Å². The van der Waals surface area contributed by atoms with Gasteiger partial charge in [0.1, 0.15) is 6.17 Å². The summed E-state index contributed by atoms with van der Waals surface area (Å²) < 4.78 is 5.21. The summed E-state index contributed by atoms with van der Waals surface area (Å²) >= 11 is 1.89. The van der Waals surface area contributed by atoms with Crippen molar-refractivity contribution in [3.05, 3.63) is 151 Å². The van der Waals surface area contributed by atoms with Crippen molar-refractivity contribution in [3.63, 3.8) is 0 Å². The molecule has 2 unspecified atom stereocenters. The Balaban J connectivity index is 1.32. The minimum Gasteiger partial charge on any atom is -0.364 e. The lowest BCUT2D eigenvalue weighted by atomic mass is 9.78. The van der Waals surface area contributed by atoms with Crippen LogP contribution in [0.3, 0.4) is 0 Å². The standard InChI is InChI=1S/C40H30N2S/c1-40(22-10-3-11-23-40)36-24-27(26-12-4-2-5-13-26)25-37(41-36)42-32-16-8-6-14-30(32)38-28-19-21-35-39(29(28)18-20-33(38)42)31-15-7-9-17-34(31)43-35/h2-22,24-25,37,41H,23H2,1H3. The minimum atomic E-state index is -0.0989. The van der Waals surface area contributed by atoms with E-state index in [2.05, 4.69) is 156 Å². The van der Waals surface area contributed by atoms with Crippen molar-refractivity contribution in [2.24, 2.45) is 5.41 Å². The maximum absolute atomic E-state index is 4.01. The number of dihydropyridines is 1. The molecule has 0 bridgehead atoms. The van der Waals surface area contributed by atoms with Crippen LogP contribution in [-0.2, 0) is 0 Å². The van der Waals surface area contributed by atoms with E-state index in [0.717, 1.165) is 6.42 Å². The van der Waals surface area contributed by atoms with Crippen LogP contribution in [0.15, 0.2) is 145 Å². The number of fused-ring (bicyclic) bond motifs is 9. The first-order chi connectivity index (χ1) is 21.2. The number of hydrogen-bond donors (Lipinski definition) is 1. The van der Waals surface area contributed by atoms with E-state index in [9.17, 15) is 0 Å². The van der Waals surface area contributed by atoms with Gasteiger partial charge < -0.3 is 9.88 Å². The summed E-state index contributed by atoms with van der Waals surface area (Å²) in [5, 5.41) is 12.0. The van der Waals surface area contributed by atoms with E-state index >= 15 is 0 Å². The van der Waals surface area contributed by atoms with Crippen LogP contribution < -0.4 is 5.32 Å². The molecule has 0 saturated heterocycles. The Labute approximate surface area is 254 Å². The van der Waals surface area contributed by atoms with Crippen molar-refractivity contribution in [1.29, 1.82) is 0 Å². The molecule has 0 radical (unpaired) electrons. The van der Waals surface area contributed by atoms with Crippen LogP contribution in [0.2, 0.25) is 0 Å². The van der Waals surface area contributed by atoms with E-state index in [4.69, 9.17) is 0 Å². The number of hydrogen-bond acceptors (Lipinski definition) is 2. The molecule has 2 aliphatic rings. The number of benzene rings is 5. The summed E-state index contributed by atoms with van der Waals surface area (Å²) in [5.41, 5.74) is 6.13. The number of thiophene rings is 1. The fourth-order valence-corrected chi connectivity index (χ4v) is 8.37.